The maximum absolute atomic E-state index is 13.9. The highest BCUT2D eigenvalue weighted by Gasteiger charge is 2.45. The fraction of sp³-hybridized carbons (Fsp3) is 0.269. The largest absolute Gasteiger partial charge is 0.486 e. The van der Waals surface area contributed by atoms with Crippen molar-refractivity contribution in [2.45, 2.75) is 44.3 Å². The summed E-state index contributed by atoms with van der Waals surface area (Å²) in [5, 5.41) is 13.2. The number of halogens is 2. The summed E-state index contributed by atoms with van der Waals surface area (Å²) in [5.74, 6) is -1.90. The summed E-state index contributed by atoms with van der Waals surface area (Å²) < 4.78 is 34.1. The molecule has 32 heavy (non-hydrogen) atoms. The molecule has 0 bridgehead atoms. The summed E-state index contributed by atoms with van der Waals surface area (Å²) in [6.45, 7) is 1.98. The van der Waals surface area contributed by atoms with Crippen molar-refractivity contribution in [1.82, 2.24) is 0 Å². The number of aliphatic hydroxyl groups is 1. The molecule has 1 unspecified atom stereocenters. The third-order valence-electron chi connectivity index (χ3n) is 6.59. The fourth-order valence-corrected chi connectivity index (χ4v) is 4.66. The van der Waals surface area contributed by atoms with E-state index in [1.165, 1.54) is 6.07 Å². The Morgan fingerprint density at radius 2 is 1.75 bits per heavy atom. The van der Waals surface area contributed by atoms with E-state index in [1.807, 2.05) is 31.2 Å². The number of nitrogens with one attached hydrogen (secondary N) is 1. The molecule has 1 atom stereocenters. The zero-order valence-electron chi connectivity index (χ0n) is 17.6. The van der Waals surface area contributed by atoms with Gasteiger partial charge >= 0.3 is 0 Å². The fourth-order valence-electron chi connectivity index (χ4n) is 4.66. The molecule has 4 nitrogen and oxygen atoms in total. The van der Waals surface area contributed by atoms with Crippen LogP contribution in [0.4, 0.5) is 14.5 Å². The Hall–Kier alpha value is -3.25. The third kappa shape index (κ3) is 3.45. The maximum Gasteiger partial charge on any atom is 0.261 e. The standard InChI is InChI=1S/C26H23F2NO3/c1-15-18(10-11-19-22(30)14-26(12-3-13-26)32-24(15)19)16-6-8-17(9-7-16)29-25(31)23-20(27)4-2-5-21(23)28/h2,4-11,22,30H,3,12-14H2,1H3,(H,29,31). The van der Waals surface area contributed by atoms with Crippen LogP contribution >= 0.6 is 0 Å². The molecular formula is C26H23F2NO3. The number of ether oxygens (including phenoxy) is 1. The number of carbonyl (C=O) groups is 1. The Balaban J connectivity index is 1.40. The normalized spacial score (nSPS) is 18.4. The van der Waals surface area contributed by atoms with Crippen LogP contribution < -0.4 is 10.1 Å². The van der Waals surface area contributed by atoms with Gasteiger partial charge in [0.15, 0.2) is 0 Å². The molecule has 2 aliphatic rings. The molecule has 1 aliphatic heterocycles. The minimum absolute atomic E-state index is 0.244. The van der Waals surface area contributed by atoms with Crippen LogP contribution in [0.3, 0.4) is 0 Å². The van der Waals surface area contributed by atoms with Crippen LogP contribution in [0, 0.1) is 18.6 Å². The van der Waals surface area contributed by atoms with Crippen molar-refractivity contribution in [3.05, 3.63) is 82.9 Å². The molecule has 6 heteroatoms. The lowest BCUT2D eigenvalue weighted by Gasteiger charge is -2.47. The van der Waals surface area contributed by atoms with Crippen molar-refractivity contribution in [3.63, 3.8) is 0 Å². The minimum Gasteiger partial charge on any atom is -0.486 e. The molecular weight excluding hydrogens is 412 g/mol. The number of rotatable bonds is 3. The van der Waals surface area contributed by atoms with Crippen LogP contribution in [-0.2, 0) is 0 Å². The Kier molecular flexibility index (Phi) is 4.97. The molecule has 1 fully saturated rings. The highest BCUT2D eigenvalue weighted by atomic mass is 19.1. The molecule has 1 spiro atoms. The molecule has 1 amide bonds. The number of anilines is 1. The first kappa shape index (κ1) is 20.6. The molecule has 3 aromatic carbocycles. The van der Waals surface area contributed by atoms with E-state index in [-0.39, 0.29) is 5.60 Å². The van der Waals surface area contributed by atoms with Crippen LogP contribution in [0.1, 0.15) is 53.3 Å². The van der Waals surface area contributed by atoms with E-state index >= 15 is 0 Å². The SMILES string of the molecule is Cc1c(-c2ccc(NC(=O)c3c(F)cccc3F)cc2)ccc2c1OC1(CCC1)CC2O. The van der Waals surface area contributed by atoms with Crippen molar-refractivity contribution in [3.8, 4) is 16.9 Å². The van der Waals surface area contributed by atoms with Gasteiger partial charge < -0.3 is 15.2 Å². The predicted octanol–water partition coefficient (Wildman–Crippen LogP) is 5.93. The first-order valence-electron chi connectivity index (χ1n) is 10.7. The number of hydrogen-bond donors (Lipinski definition) is 2. The van der Waals surface area contributed by atoms with Gasteiger partial charge in [-0.2, -0.15) is 0 Å². The summed E-state index contributed by atoms with van der Waals surface area (Å²) in [6.07, 6.45) is 3.15. The van der Waals surface area contributed by atoms with Gasteiger partial charge in [0, 0.05) is 17.7 Å². The second-order valence-corrected chi connectivity index (χ2v) is 8.64. The van der Waals surface area contributed by atoms with E-state index in [1.54, 1.807) is 12.1 Å². The average Bonchev–Trinajstić information content (AvgIpc) is 2.74. The van der Waals surface area contributed by atoms with Crippen molar-refractivity contribution in [2.75, 3.05) is 5.32 Å². The van der Waals surface area contributed by atoms with E-state index in [2.05, 4.69) is 5.32 Å². The smallest absolute Gasteiger partial charge is 0.261 e. The monoisotopic (exact) mass is 435 g/mol. The van der Waals surface area contributed by atoms with E-state index < -0.39 is 29.2 Å². The molecule has 5 rings (SSSR count). The predicted molar refractivity (Wildman–Crippen MR) is 118 cm³/mol. The topological polar surface area (TPSA) is 58.6 Å². The van der Waals surface area contributed by atoms with E-state index in [4.69, 9.17) is 4.74 Å². The van der Waals surface area contributed by atoms with Gasteiger partial charge in [-0.15, -0.1) is 0 Å². The van der Waals surface area contributed by atoms with Crippen LogP contribution in [0.5, 0.6) is 5.75 Å². The summed E-state index contributed by atoms with van der Waals surface area (Å²) in [4.78, 5) is 12.3. The molecule has 1 saturated carbocycles. The van der Waals surface area contributed by atoms with Gasteiger partial charge in [-0.25, -0.2) is 8.78 Å². The average molecular weight is 435 g/mol. The molecule has 2 N–H and O–H groups in total. The number of benzene rings is 3. The quantitative estimate of drug-likeness (QED) is 0.536. The van der Waals surface area contributed by atoms with Gasteiger partial charge in [0.05, 0.1) is 6.10 Å². The van der Waals surface area contributed by atoms with Crippen molar-refractivity contribution in [2.24, 2.45) is 0 Å². The van der Waals surface area contributed by atoms with Gasteiger partial charge in [0.25, 0.3) is 5.91 Å². The Morgan fingerprint density at radius 3 is 2.38 bits per heavy atom. The molecule has 0 saturated heterocycles. The van der Waals surface area contributed by atoms with Crippen LogP contribution in [0.15, 0.2) is 54.6 Å². The summed E-state index contributed by atoms with van der Waals surface area (Å²) in [6, 6.07) is 14.2. The zero-order chi connectivity index (χ0) is 22.5. The van der Waals surface area contributed by atoms with Crippen molar-refractivity contribution in [1.29, 1.82) is 0 Å². The van der Waals surface area contributed by atoms with Gasteiger partial charge in [-0.05, 0) is 67.1 Å². The first-order valence-corrected chi connectivity index (χ1v) is 10.7. The highest BCUT2D eigenvalue weighted by Crippen LogP contribution is 2.51. The lowest BCUT2D eigenvalue weighted by atomic mass is 9.73. The lowest BCUT2D eigenvalue weighted by molar-refractivity contribution is -0.0667. The number of hydrogen-bond acceptors (Lipinski definition) is 3. The van der Waals surface area contributed by atoms with E-state index in [9.17, 15) is 18.7 Å². The molecule has 1 heterocycles. The number of aliphatic hydroxyl groups excluding tert-OH is 1. The Labute approximate surface area is 184 Å². The van der Waals surface area contributed by atoms with E-state index in [0.717, 1.165) is 59.4 Å². The van der Waals surface area contributed by atoms with Crippen LogP contribution in [0.25, 0.3) is 11.1 Å². The highest BCUT2D eigenvalue weighted by molar-refractivity contribution is 6.04. The molecule has 0 radical (unpaired) electrons. The van der Waals surface area contributed by atoms with Crippen LogP contribution in [0.2, 0.25) is 0 Å². The van der Waals surface area contributed by atoms with Gasteiger partial charge in [-0.1, -0.05) is 30.3 Å². The number of fused-ring (bicyclic) bond motifs is 1. The van der Waals surface area contributed by atoms with Gasteiger partial charge in [0.2, 0.25) is 0 Å². The summed E-state index contributed by atoms with van der Waals surface area (Å²) in [7, 11) is 0. The Bertz CT molecular complexity index is 1180. The molecule has 3 aromatic rings. The van der Waals surface area contributed by atoms with E-state index in [0.29, 0.717) is 12.1 Å². The van der Waals surface area contributed by atoms with Crippen molar-refractivity contribution >= 4 is 11.6 Å². The van der Waals surface area contributed by atoms with Crippen molar-refractivity contribution < 1.29 is 23.4 Å². The molecule has 164 valence electrons. The molecule has 0 aromatic heterocycles. The third-order valence-corrected chi connectivity index (χ3v) is 6.59. The second kappa shape index (κ2) is 7.71. The second-order valence-electron chi connectivity index (χ2n) is 8.64. The van der Waals surface area contributed by atoms with Crippen LogP contribution in [-0.4, -0.2) is 16.6 Å². The summed E-state index contributed by atoms with van der Waals surface area (Å²) >= 11 is 0. The lowest BCUT2D eigenvalue weighted by Crippen LogP contribution is -2.47. The Morgan fingerprint density at radius 1 is 1.06 bits per heavy atom. The van der Waals surface area contributed by atoms with Gasteiger partial charge in [-0.3, -0.25) is 4.79 Å². The minimum atomic E-state index is -0.907. The van der Waals surface area contributed by atoms with Gasteiger partial charge in [0.1, 0.15) is 28.5 Å². The number of carbonyl (C=O) groups excluding carboxylic acids is 1. The zero-order valence-corrected chi connectivity index (χ0v) is 17.6. The maximum atomic E-state index is 13.9. The molecule has 1 aliphatic carbocycles. The number of amides is 1. The first-order chi connectivity index (χ1) is 15.4. The summed E-state index contributed by atoms with van der Waals surface area (Å²) in [5.41, 5.74) is 3.22.